The van der Waals surface area contributed by atoms with Crippen molar-refractivity contribution in [1.82, 2.24) is 10.2 Å². The van der Waals surface area contributed by atoms with E-state index in [9.17, 15) is 26.8 Å². The van der Waals surface area contributed by atoms with Crippen LogP contribution in [0.25, 0.3) is 0 Å². The zero-order valence-corrected chi connectivity index (χ0v) is 22.1. The van der Waals surface area contributed by atoms with Crippen LogP contribution in [0.1, 0.15) is 57.4 Å². The number of anilines is 1. The van der Waals surface area contributed by atoms with Gasteiger partial charge in [0.15, 0.2) is 11.6 Å². The van der Waals surface area contributed by atoms with Crippen LogP contribution in [0.3, 0.4) is 0 Å². The van der Waals surface area contributed by atoms with Crippen molar-refractivity contribution in [1.29, 1.82) is 0 Å². The Kier molecular flexibility index (Phi) is 10.0. The molecule has 0 heterocycles. The molecule has 0 unspecified atom stereocenters. The maximum absolute atomic E-state index is 13.7. The number of hydrogen-bond donors (Lipinski definition) is 1. The quantitative estimate of drug-likeness (QED) is 0.463. The van der Waals surface area contributed by atoms with Gasteiger partial charge in [0.05, 0.1) is 11.9 Å². The summed E-state index contributed by atoms with van der Waals surface area (Å²) in [6.45, 7) is 1.83. The fourth-order valence-corrected chi connectivity index (χ4v) is 5.53. The Morgan fingerprint density at radius 3 is 2.32 bits per heavy atom. The summed E-state index contributed by atoms with van der Waals surface area (Å²) in [5.41, 5.74) is 0.850. The number of carbonyl (C=O) groups excluding carboxylic acids is 2. The molecule has 1 fully saturated rings. The fraction of sp³-hybridized carbons (Fsp3) is 0.481. The summed E-state index contributed by atoms with van der Waals surface area (Å²) in [7, 11) is -3.81. The SMILES string of the molecule is C[C@@H](C(=O)NC1CCCCC1)N(Cc1ccccc1)C(=O)CCCN(c1ccc(F)c(F)c1)S(C)(=O)=O. The Morgan fingerprint density at radius 2 is 1.70 bits per heavy atom. The van der Waals surface area contributed by atoms with Gasteiger partial charge in [-0.1, -0.05) is 49.6 Å². The predicted octanol–water partition coefficient (Wildman–Crippen LogP) is 4.38. The van der Waals surface area contributed by atoms with Gasteiger partial charge in [0.1, 0.15) is 6.04 Å². The molecule has 0 bridgehead atoms. The summed E-state index contributed by atoms with van der Waals surface area (Å²) in [5, 5.41) is 3.08. The number of rotatable bonds is 11. The minimum absolute atomic E-state index is 0.0183. The summed E-state index contributed by atoms with van der Waals surface area (Å²) in [6, 6.07) is 11.6. The molecule has 2 aromatic rings. The van der Waals surface area contributed by atoms with E-state index in [0.717, 1.165) is 60.4 Å². The molecule has 1 aliphatic carbocycles. The largest absolute Gasteiger partial charge is 0.352 e. The lowest BCUT2D eigenvalue weighted by Crippen LogP contribution is -2.50. The molecule has 0 aromatic heterocycles. The maximum atomic E-state index is 13.7. The van der Waals surface area contributed by atoms with Gasteiger partial charge in [-0.05, 0) is 43.9 Å². The molecule has 10 heteroatoms. The number of sulfonamides is 1. The molecule has 1 N–H and O–H groups in total. The van der Waals surface area contributed by atoms with E-state index < -0.39 is 27.7 Å². The Bertz CT molecular complexity index is 1170. The highest BCUT2D eigenvalue weighted by molar-refractivity contribution is 7.92. The Balaban J connectivity index is 1.70. The summed E-state index contributed by atoms with van der Waals surface area (Å²) >= 11 is 0. The average molecular weight is 536 g/mol. The second-order valence-corrected chi connectivity index (χ2v) is 11.5. The standard InChI is InChI=1S/C27H35F2N3O4S/c1-20(27(34)30-22-12-7-4-8-13-22)31(19-21-10-5-3-6-11-21)26(33)14-9-17-32(37(2,35)36)23-15-16-24(28)25(29)18-23/h3,5-6,10-11,15-16,18,20,22H,4,7-9,12-14,17,19H2,1-2H3,(H,30,34)/t20-/m0/s1. The lowest BCUT2D eigenvalue weighted by atomic mass is 9.95. The number of nitrogens with one attached hydrogen (secondary N) is 1. The third kappa shape index (κ3) is 8.24. The summed E-state index contributed by atoms with van der Waals surface area (Å²) in [4.78, 5) is 27.9. The Labute approximate surface area is 217 Å². The van der Waals surface area contributed by atoms with Crippen LogP contribution in [0.5, 0.6) is 0 Å². The number of hydrogen-bond acceptors (Lipinski definition) is 4. The van der Waals surface area contributed by atoms with Crippen LogP contribution in [-0.4, -0.2) is 50.0 Å². The van der Waals surface area contributed by atoms with Crippen LogP contribution in [0.4, 0.5) is 14.5 Å². The van der Waals surface area contributed by atoms with Crippen LogP contribution in [0.15, 0.2) is 48.5 Å². The van der Waals surface area contributed by atoms with Gasteiger partial charge in [-0.15, -0.1) is 0 Å². The molecular weight excluding hydrogens is 500 g/mol. The first-order valence-electron chi connectivity index (χ1n) is 12.6. The minimum Gasteiger partial charge on any atom is -0.352 e. The van der Waals surface area contributed by atoms with Crippen LogP contribution >= 0.6 is 0 Å². The van der Waals surface area contributed by atoms with Gasteiger partial charge in [0, 0.05) is 31.6 Å². The van der Waals surface area contributed by atoms with E-state index >= 15 is 0 Å². The first kappa shape index (κ1) is 28.6. The summed E-state index contributed by atoms with van der Waals surface area (Å²) in [5.74, 6) is -2.75. The number of benzene rings is 2. The van der Waals surface area contributed by atoms with Crippen molar-refractivity contribution in [3.63, 3.8) is 0 Å². The molecule has 0 saturated heterocycles. The molecule has 1 atom stereocenters. The Morgan fingerprint density at radius 1 is 1.03 bits per heavy atom. The van der Waals surface area contributed by atoms with Crippen LogP contribution in [0, 0.1) is 11.6 Å². The van der Waals surface area contributed by atoms with Crippen molar-refractivity contribution in [2.75, 3.05) is 17.1 Å². The van der Waals surface area contributed by atoms with Gasteiger partial charge < -0.3 is 10.2 Å². The topological polar surface area (TPSA) is 86.8 Å². The summed E-state index contributed by atoms with van der Waals surface area (Å²) < 4.78 is 52.7. The second kappa shape index (κ2) is 13.0. The van der Waals surface area contributed by atoms with Gasteiger partial charge in [0.2, 0.25) is 21.8 Å². The van der Waals surface area contributed by atoms with E-state index in [1.807, 2.05) is 30.3 Å². The number of halogens is 2. The van der Waals surface area contributed by atoms with E-state index in [1.54, 1.807) is 6.92 Å². The predicted molar refractivity (Wildman–Crippen MR) is 139 cm³/mol. The van der Waals surface area contributed by atoms with Crippen molar-refractivity contribution >= 4 is 27.5 Å². The fourth-order valence-electron chi connectivity index (χ4n) is 4.58. The third-order valence-electron chi connectivity index (χ3n) is 6.66. The van der Waals surface area contributed by atoms with Crippen LogP contribution < -0.4 is 9.62 Å². The van der Waals surface area contributed by atoms with Crippen LogP contribution in [0.2, 0.25) is 0 Å². The van der Waals surface area contributed by atoms with Crippen molar-refractivity contribution in [2.24, 2.45) is 0 Å². The number of carbonyl (C=O) groups is 2. The third-order valence-corrected chi connectivity index (χ3v) is 7.85. The van der Waals surface area contributed by atoms with Gasteiger partial charge >= 0.3 is 0 Å². The lowest BCUT2D eigenvalue weighted by molar-refractivity contribution is -0.141. The van der Waals surface area contributed by atoms with Crippen molar-refractivity contribution in [3.8, 4) is 0 Å². The maximum Gasteiger partial charge on any atom is 0.242 e. The van der Waals surface area contributed by atoms with Crippen molar-refractivity contribution < 1.29 is 26.8 Å². The van der Waals surface area contributed by atoms with E-state index in [4.69, 9.17) is 0 Å². The lowest BCUT2D eigenvalue weighted by Gasteiger charge is -2.31. The highest BCUT2D eigenvalue weighted by Gasteiger charge is 2.28. The second-order valence-electron chi connectivity index (χ2n) is 9.56. The molecule has 1 aliphatic rings. The highest BCUT2D eigenvalue weighted by Crippen LogP contribution is 2.22. The van der Waals surface area contributed by atoms with Crippen molar-refractivity contribution in [3.05, 3.63) is 65.7 Å². The molecule has 0 spiro atoms. The minimum atomic E-state index is -3.81. The van der Waals surface area contributed by atoms with Gasteiger partial charge in [0.25, 0.3) is 0 Å². The molecule has 3 rings (SSSR count). The normalized spacial score (nSPS) is 15.1. The van der Waals surface area contributed by atoms with Crippen molar-refractivity contribution in [2.45, 2.75) is 70.5 Å². The molecule has 7 nitrogen and oxygen atoms in total. The smallest absolute Gasteiger partial charge is 0.242 e. The molecule has 2 amide bonds. The molecule has 0 radical (unpaired) electrons. The summed E-state index contributed by atoms with van der Waals surface area (Å²) in [6.07, 6.45) is 6.23. The molecular formula is C27H35F2N3O4S. The monoisotopic (exact) mass is 535 g/mol. The molecule has 1 saturated carbocycles. The highest BCUT2D eigenvalue weighted by atomic mass is 32.2. The average Bonchev–Trinajstić information content (AvgIpc) is 2.87. The zero-order valence-electron chi connectivity index (χ0n) is 21.3. The zero-order chi connectivity index (χ0) is 27.0. The van der Waals surface area contributed by atoms with E-state index in [-0.39, 0.29) is 49.5 Å². The van der Waals surface area contributed by atoms with Gasteiger partial charge in [-0.3, -0.25) is 13.9 Å². The first-order chi connectivity index (χ1) is 17.6. The number of nitrogens with zero attached hydrogens (tertiary/aromatic N) is 2. The molecule has 2 aromatic carbocycles. The molecule has 0 aliphatic heterocycles. The first-order valence-corrected chi connectivity index (χ1v) is 14.5. The van der Waals surface area contributed by atoms with Gasteiger partial charge in [-0.25, -0.2) is 17.2 Å². The van der Waals surface area contributed by atoms with E-state index in [0.29, 0.717) is 0 Å². The van der Waals surface area contributed by atoms with Crippen LogP contribution in [-0.2, 0) is 26.2 Å². The molecule has 202 valence electrons. The number of amides is 2. The van der Waals surface area contributed by atoms with E-state index in [1.165, 1.54) is 11.0 Å². The van der Waals surface area contributed by atoms with E-state index in [2.05, 4.69) is 5.32 Å². The Hall–Kier alpha value is -3.01. The molecule has 37 heavy (non-hydrogen) atoms. The van der Waals surface area contributed by atoms with Gasteiger partial charge in [-0.2, -0.15) is 0 Å².